The van der Waals surface area contributed by atoms with Gasteiger partial charge in [0.1, 0.15) is 5.82 Å². The second-order valence-electron chi connectivity index (χ2n) is 6.74. The molecule has 1 aromatic rings. The van der Waals surface area contributed by atoms with E-state index in [1.54, 1.807) is 11.8 Å². The minimum atomic E-state index is -0.489. The van der Waals surface area contributed by atoms with Gasteiger partial charge in [-0.3, -0.25) is 0 Å². The van der Waals surface area contributed by atoms with Crippen LogP contribution in [0.15, 0.2) is 18.2 Å². The summed E-state index contributed by atoms with van der Waals surface area (Å²) < 4.78 is 19.0. The Bertz CT molecular complexity index is 594. The van der Waals surface area contributed by atoms with E-state index in [9.17, 15) is 14.3 Å². The third-order valence-electron chi connectivity index (χ3n) is 4.82. The molecule has 5 nitrogen and oxygen atoms in total. The number of carbonyl (C=O) groups excluding carboxylic acids is 1. The number of hydrogen-bond donors (Lipinski definition) is 2. The summed E-state index contributed by atoms with van der Waals surface area (Å²) >= 11 is 0. The predicted molar refractivity (Wildman–Crippen MR) is 88.2 cm³/mol. The number of halogens is 1. The van der Waals surface area contributed by atoms with Crippen molar-refractivity contribution in [3.05, 3.63) is 35.1 Å². The van der Waals surface area contributed by atoms with Gasteiger partial charge in [0, 0.05) is 6.54 Å². The summed E-state index contributed by atoms with van der Waals surface area (Å²) in [5.74, 6) is -0.270. The second kappa shape index (κ2) is 7.49. The van der Waals surface area contributed by atoms with Crippen molar-refractivity contribution in [3.8, 4) is 0 Å². The van der Waals surface area contributed by atoms with Crippen molar-refractivity contribution in [2.75, 3.05) is 19.8 Å². The number of aliphatic hydroxyl groups excluding tert-OH is 1. The van der Waals surface area contributed by atoms with Crippen molar-refractivity contribution in [1.29, 1.82) is 0 Å². The average molecular weight is 336 g/mol. The zero-order chi connectivity index (χ0) is 17.1. The normalized spacial score (nSPS) is 25.0. The number of ether oxygens (including phenoxy) is 1. The average Bonchev–Trinajstić information content (AvgIpc) is 2.55. The number of carbonyl (C=O) groups is 1. The summed E-state index contributed by atoms with van der Waals surface area (Å²) in [4.78, 5) is 14.5. The molecular weight excluding hydrogens is 311 g/mol. The second-order valence-corrected chi connectivity index (χ2v) is 6.74. The first-order valence-corrected chi connectivity index (χ1v) is 8.66. The molecule has 0 saturated carbocycles. The van der Waals surface area contributed by atoms with Crippen molar-refractivity contribution >= 4 is 6.03 Å². The zero-order valence-electron chi connectivity index (χ0n) is 14.0. The Balaban J connectivity index is 1.71. The van der Waals surface area contributed by atoms with E-state index < -0.39 is 6.10 Å². The lowest BCUT2D eigenvalue weighted by Gasteiger charge is -2.38. The zero-order valence-corrected chi connectivity index (χ0v) is 14.0. The molecule has 6 heteroatoms. The van der Waals surface area contributed by atoms with E-state index >= 15 is 0 Å². The molecule has 0 radical (unpaired) electrons. The molecule has 1 heterocycles. The van der Waals surface area contributed by atoms with Gasteiger partial charge in [-0.15, -0.1) is 0 Å². The van der Waals surface area contributed by atoms with Crippen LogP contribution in [0, 0.1) is 5.82 Å². The van der Waals surface area contributed by atoms with Gasteiger partial charge < -0.3 is 20.1 Å². The van der Waals surface area contributed by atoms with Crippen LogP contribution in [0.4, 0.5) is 9.18 Å². The lowest BCUT2D eigenvalue weighted by atomic mass is 9.87. The van der Waals surface area contributed by atoms with Crippen LogP contribution in [0.5, 0.6) is 0 Å². The fraction of sp³-hybridized carbons (Fsp3) is 0.611. The molecule has 0 spiro atoms. The minimum Gasteiger partial charge on any atom is -0.393 e. The first-order valence-electron chi connectivity index (χ1n) is 8.66. The van der Waals surface area contributed by atoms with Gasteiger partial charge in [-0.25, -0.2) is 9.18 Å². The number of benzene rings is 1. The third-order valence-corrected chi connectivity index (χ3v) is 4.82. The Labute approximate surface area is 141 Å². The number of hydrogen-bond acceptors (Lipinski definition) is 3. The quantitative estimate of drug-likeness (QED) is 0.891. The molecule has 0 bridgehead atoms. The molecule has 1 saturated heterocycles. The Morgan fingerprint density at radius 3 is 3.17 bits per heavy atom. The van der Waals surface area contributed by atoms with Crippen molar-refractivity contribution < 1.29 is 19.0 Å². The standard InChI is InChI=1S/C18H25FN2O3/c1-12(22)9-15-11-24-8-7-21(15)18(23)20-17-4-2-3-13-5-6-14(19)10-16(13)17/h5-6,10,12,15,17,22H,2-4,7-9,11H2,1H3,(H,20,23)/t12-,15+,17+/m0/s1. The minimum absolute atomic E-state index is 0.130. The topological polar surface area (TPSA) is 61.8 Å². The molecule has 1 aliphatic heterocycles. The molecule has 2 amide bonds. The summed E-state index contributed by atoms with van der Waals surface area (Å²) in [6.07, 6.45) is 2.71. The SMILES string of the molecule is C[C@H](O)C[C@@H]1COCCN1C(=O)N[C@@H]1CCCc2ccc(F)cc21. The Morgan fingerprint density at radius 1 is 1.54 bits per heavy atom. The van der Waals surface area contributed by atoms with Crippen LogP contribution in [-0.4, -0.2) is 47.9 Å². The Morgan fingerprint density at radius 2 is 2.38 bits per heavy atom. The molecule has 3 atom stereocenters. The number of fused-ring (bicyclic) bond motifs is 1. The third kappa shape index (κ3) is 3.87. The van der Waals surface area contributed by atoms with Crippen molar-refractivity contribution in [2.45, 2.75) is 50.8 Å². The van der Waals surface area contributed by atoms with Gasteiger partial charge in [-0.2, -0.15) is 0 Å². The summed E-state index contributed by atoms with van der Waals surface area (Å²) in [5, 5.41) is 12.7. The number of aliphatic hydroxyl groups is 1. The molecule has 24 heavy (non-hydrogen) atoms. The number of nitrogens with one attached hydrogen (secondary N) is 1. The van der Waals surface area contributed by atoms with E-state index in [2.05, 4.69) is 5.32 Å². The first-order chi connectivity index (χ1) is 11.5. The van der Waals surface area contributed by atoms with E-state index in [1.807, 2.05) is 6.07 Å². The van der Waals surface area contributed by atoms with Gasteiger partial charge in [0.2, 0.25) is 0 Å². The lowest BCUT2D eigenvalue weighted by Crippen LogP contribution is -2.54. The Kier molecular flexibility index (Phi) is 5.36. The number of urea groups is 1. The maximum absolute atomic E-state index is 13.6. The highest BCUT2D eigenvalue weighted by Crippen LogP contribution is 2.30. The summed E-state index contributed by atoms with van der Waals surface area (Å²) in [5.41, 5.74) is 1.99. The van der Waals surface area contributed by atoms with E-state index in [0.29, 0.717) is 26.2 Å². The maximum Gasteiger partial charge on any atom is 0.318 e. The van der Waals surface area contributed by atoms with Crippen LogP contribution in [0.3, 0.4) is 0 Å². The molecule has 2 aliphatic rings. The van der Waals surface area contributed by atoms with E-state index in [0.717, 1.165) is 30.4 Å². The van der Waals surface area contributed by atoms with E-state index in [-0.39, 0.29) is 23.9 Å². The number of amides is 2. The molecule has 132 valence electrons. The van der Waals surface area contributed by atoms with Crippen LogP contribution in [0.2, 0.25) is 0 Å². The van der Waals surface area contributed by atoms with Gasteiger partial charge in [0.15, 0.2) is 0 Å². The smallest absolute Gasteiger partial charge is 0.318 e. The molecule has 2 N–H and O–H groups in total. The number of aryl methyl sites for hydroxylation is 1. The fourth-order valence-electron chi connectivity index (χ4n) is 3.66. The lowest BCUT2D eigenvalue weighted by molar-refractivity contribution is -0.00493. The van der Waals surface area contributed by atoms with Gasteiger partial charge in [-0.05, 0) is 55.9 Å². The summed E-state index contributed by atoms with van der Waals surface area (Å²) in [7, 11) is 0. The molecule has 0 aromatic heterocycles. The molecule has 3 rings (SSSR count). The van der Waals surface area contributed by atoms with E-state index in [1.165, 1.54) is 12.1 Å². The van der Waals surface area contributed by atoms with Crippen LogP contribution < -0.4 is 5.32 Å². The van der Waals surface area contributed by atoms with Crippen LogP contribution in [0.1, 0.15) is 43.4 Å². The number of nitrogens with zero attached hydrogens (tertiary/aromatic N) is 1. The molecular formula is C18H25FN2O3. The summed E-state index contributed by atoms with van der Waals surface area (Å²) in [6.45, 7) is 3.16. The van der Waals surface area contributed by atoms with Crippen LogP contribution >= 0.6 is 0 Å². The highest BCUT2D eigenvalue weighted by Gasteiger charge is 2.31. The number of rotatable bonds is 3. The van der Waals surface area contributed by atoms with E-state index in [4.69, 9.17) is 4.74 Å². The highest BCUT2D eigenvalue weighted by molar-refractivity contribution is 5.75. The van der Waals surface area contributed by atoms with Crippen molar-refractivity contribution in [1.82, 2.24) is 10.2 Å². The predicted octanol–water partition coefficient (Wildman–Crippen LogP) is 2.38. The Hall–Kier alpha value is -1.66. The highest BCUT2D eigenvalue weighted by atomic mass is 19.1. The molecule has 1 fully saturated rings. The van der Waals surface area contributed by atoms with Gasteiger partial charge in [0.05, 0.1) is 31.4 Å². The monoisotopic (exact) mass is 336 g/mol. The largest absolute Gasteiger partial charge is 0.393 e. The van der Waals surface area contributed by atoms with Crippen molar-refractivity contribution in [2.24, 2.45) is 0 Å². The molecule has 1 aliphatic carbocycles. The maximum atomic E-state index is 13.6. The van der Waals surface area contributed by atoms with Gasteiger partial charge >= 0.3 is 6.03 Å². The first kappa shape index (κ1) is 17.2. The fourth-order valence-corrected chi connectivity index (χ4v) is 3.66. The molecule has 0 unspecified atom stereocenters. The van der Waals surface area contributed by atoms with Crippen molar-refractivity contribution in [3.63, 3.8) is 0 Å². The number of morpholine rings is 1. The van der Waals surface area contributed by atoms with Gasteiger partial charge in [-0.1, -0.05) is 6.07 Å². The van der Waals surface area contributed by atoms with Crippen LogP contribution in [0.25, 0.3) is 0 Å². The molecule has 1 aromatic carbocycles. The summed E-state index contributed by atoms with van der Waals surface area (Å²) in [6, 6.07) is 4.37. The van der Waals surface area contributed by atoms with Gasteiger partial charge in [0.25, 0.3) is 0 Å². The van der Waals surface area contributed by atoms with Crippen LogP contribution in [-0.2, 0) is 11.2 Å².